The normalized spacial score (nSPS) is 11.7. The van der Waals surface area contributed by atoms with Crippen molar-refractivity contribution in [1.29, 1.82) is 0 Å². The van der Waals surface area contributed by atoms with Crippen LogP contribution in [0.5, 0.6) is 11.5 Å². The van der Waals surface area contributed by atoms with Gasteiger partial charge in [-0.05, 0) is 68.1 Å². The lowest BCUT2D eigenvalue weighted by Crippen LogP contribution is -2.14. The van der Waals surface area contributed by atoms with Crippen LogP contribution in [-0.2, 0) is 6.42 Å². The lowest BCUT2D eigenvalue weighted by Gasteiger charge is -2.13. The van der Waals surface area contributed by atoms with Crippen molar-refractivity contribution in [3.63, 3.8) is 0 Å². The molecule has 0 aromatic heterocycles. The Morgan fingerprint density at radius 1 is 1.12 bits per heavy atom. The average molecular weight is 366 g/mol. The van der Waals surface area contributed by atoms with E-state index in [1.807, 2.05) is 43.3 Å². The van der Waals surface area contributed by atoms with E-state index in [2.05, 4.69) is 31.1 Å². The van der Waals surface area contributed by atoms with Crippen LogP contribution in [0.4, 0.5) is 0 Å². The molecule has 2 rings (SSSR count). The molecular weight excluding hydrogens is 342 g/mol. The molecule has 2 aromatic rings. The Morgan fingerprint density at radius 3 is 2.38 bits per heavy atom. The fourth-order valence-electron chi connectivity index (χ4n) is 2.24. The standard InChI is InChI=1S/C19H23NO2S.ClH/c1-14(19(21)23)16-7-5-9-18(13-16)22-17-8-4-6-15(12-17)10-11-20(2)3;/h4-9,12-14H,10-11H2,1-3H3,(H,21,23);1H. The number of benzene rings is 2. The van der Waals surface area contributed by atoms with Gasteiger partial charge in [0.15, 0.2) is 5.05 Å². The Kier molecular flexibility index (Phi) is 8.19. The number of halogens is 1. The van der Waals surface area contributed by atoms with Crippen molar-refractivity contribution in [2.75, 3.05) is 20.6 Å². The van der Waals surface area contributed by atoms with Crippen molar-refractivity contribution in [3.8, 4) is 11.5 Å². The summed E-state index contributed by atoms with van der Waals surface area (Å²) in [5.41, 5.74) is 2.19. The van der Waals surface area contributed by atoms with Crippen LogP contribution in [0.2, 0.25) is 0 Å². The van der Waals surface area contributed by atoms with Gasteiger partial charge in [-0.1, -0.05) is 31.2 Å². The predicted octanol–water partition coefficient (Wildman–Crippen LogP) is 4.99. The molecule has 0 spiro atoms. The van der Waals surface area contributed by atoms with E-state index < -0.39 is 0 Å². The number of nitrogens with zero attached hydrogens (tertiary/aromatic N) is 1. The second-order valence-electron chi connectivity index (χ2n) is 5.94. The van der Waals surface area contributed by atoms with Crippen LogP contribution in [0.15, 0.2) is 48.5 Å². The van der Waals surface area contributed by atoms with Crippen molar-refractivity contribution in [2.45, 2.75) is 19.3 Å². The second-order valence-corrected chi connectivity index (χ2v) is 6.35. The highest BCUT2D eigenvalue weighted by molar-refractivity contribution is 7.80. The van der Waals surface area contributed by atoms with Gasteiger partial charge in [-0.15, -0.1) is 12.4 Å². The van der Waals surface area contributed by atoms with Crippen LogP contribution in [0, 0.1) is 0 Å². The molecule has 0 saturated carbocycles. The monoisotopic (exact) mass is 365 g/mol. The maximum atomic E-state index is 9.48. The molecule has 1 atom stereocenters. The van der Waals surface area contributed by atoms with E-state index in [1.54, 1.807) is 0 Å². The number of ether oxygens (including phenoxy) is 1. The summed E-state index contributed by atoms with van der Waals surface area (Å²) in [6, 6.07) is 15.8. The summed E-state index contributed by atoms with van der Waals surface area (Å²) in [4.78, 5) is 2.16. The highest BCUT2D eigenvalue weighted by atomic mass is 35.5. The number of rotatable bonds is 7. The van der Waals surface area contributed by atoms with E-state index in [1.165, 1.54) is 5.56 Å². The molecule has 0 aliphatic heterocycles. The summed E-state index contributed by atoms with van der Waals surface area (Å²) in [5, 5.41) is 9.48. The molecule has 3 nitrogen and oxygen atoms in total. The number of hydrogen-bond donors (Lipinski definition) is 1. The van der Waals surface area contributed by atoms with Crippen LogP contribution in [0.3, 0.4) is 0 Å². The highest BCUT2D eigenvalue weighted by Crippen LogP contribution is 2.26. The molecule has 2 aromatic carbocycles. The lowest BCUT2D eigenvalue weighted by atomic mass is 10.0. The van der Waals surface area contributed by atoms with Crippen molar-refractivity contribution < 1.29 is 9.84 Å². The third-order valence-corrected chi connectivity index (χ3v) is 4.06. The van der Waals surface area contributed by atoms with E-state index in [0.29, 0.717) is 0 Å². The molecule has 1 N–H and O–H groups in total. The zero-order chi connectivity index (χ0) is 16.8. The van der Waals surface area contributed by atoms with Gasteiger partial charge < -0.3 is 14.7 Å². The minimum atomic E-state index is -0.181. The fraction of sp³-hybridized carbons (Fsp3) is 0.316. The predicted molar refractivity (Wildman–Crippen MR) is 106 cm³/mol. The van der Waals surface area contributed by atoms with Gasteiger partial charge in [0.2, 0.25) is 0 Å². The van der Waals surface area contributed by atoms with E-state index in [0.717, 1.165) is 30.0 Å². The minimum Gasteiger partial charge on any atom is -0.502 e. The molecule has 0 aliphatic rings. The Hall–Kier alpha value is -1.62. The first kappa shape index (κ1) is 20.4. The first-order chi connectivity index (χ1) is 11.0. The SMILES string of the molecule is CC(C(O)=S)c1cccc(Oc2cccc(CCN(C)C)c2)c1.Cl. The highest BCUT2D eigenvalue weighted by Gasteiger charge is 2.11. The summed E-state index contributed by atoms with van der Waals surface area (Å²) in [6.45, 7) is 2.88. The third kappa shape index (κ3) is 6.11. The van der Waals surface area contributed by atoms with Crippen LogP contribution in [0.1, 0.15) is 24.0 Å². The molecule has 0 aliphatic carbocycles. The van der Waals surface area contributed by atoms with E-state index in [-0.39, 0.29) is 23.4 Å². The summed E-state index contributed by atoms with van der Waals surface area (Å²) >= 11 is 4.85. The molecule has 0 bridgehead atoms. The van der Waals surface area contributed by atoms with Crippen LogP contribution >= 0.6 is 24.6 Å². The molecular formula is C19H24ClNO2S. The molecule has 0 radical (unpaired) electrons. The maximum absolute atomic E-state index is 9.48. The van der Waals surface area contributed by atoms with Gasteiger partial charge in [0.25, 0.3) is 0 Å². The van der Waals surface area contributed by atoms with E-state index in [4.69, 9.17) is 17.0 Å². The number of aliphatic hydroxyl groups excluding tert-OH is 1. The molecule has 0 amide bonds. The molecule has 0 fully saturated rings. The summed E-state index contributed by atoms with van der Waals surface area (Å²) in [7, 11) is 4.14. The van der Waals surface area contributed by atoms with E-state index in [9.17, 15) is 5.11 Å². The zero-order valence-corrected chi connectivity index (χ0v) is 15.9. The van der Waals surface area contributed by atoms with Crippen molar-refractivity contribution in [2.24, 2.45) is 0 Å². The third-order valence-electron chi connectivity index (χ3n) is 3.71. The van der Waals surface area contributed by atoms with Crippen molar-refractivity contribution in [3.05, 3.63) is 59.7 Å². The van der Waals surface area contributed by atoms with Gasteiger partial charge >= 0.3 is 0 Å². The van der Waals surface area contributed by atoms with Crippen molar-refractivity contribution >= 4 is 29.7 Å². The zero-order valence-electron chi connectivity index (χ0n) is 14.2. The number of thiocarbonyl (C=S) groups is 1. The Morgan fingerprint density at radius 2 is 1.75 bits per heavy atom. The fourth-order valence-corrected chi connectivity index (χ4v) is 2.38. The Balaban J connectivity index is 0.00000288. The van der Waals surface area contributed by atoms with Crippen LogP contribution in [-0.4, -0.2) is 35.7 Å². The largest absolute Gasteiger partial charge is 0.502 e. The molecule has 130 valence electrons. The number of aliphatic hydroxyl groups is 1. The Labute approximate surface area is 155 Å². The molecule has 1 unspecified atom stereocenters. The lowest BCUT2D eigenvalue weighted by molar-refractivity contribution is 0.413. The van der Waals surface area contributed by atoms with Gasteiger partial charge in [-0.3, -0.25) is 0 Å². The summed E-state index contributed by atoms with van der Waals surface area (Å²) in [5.74, 6) is 1.38. The first-order valence-corrected chi connectivity index (χ1v) is 8.11. The molecule has 24 heavy (non-hydrogen) atoms. The van der Waals surface area contributed by atoms with E-state index >= 15 is 0 Å². The molecule has 0 saturated heterocycles. The average Bonchev–Trinajstić information content (AvgIpc) is 2.52. The van der Waals surface area contributed by atoms with Gasteiger partial charge in [0.1, 0.15) is 11.5 Å². The summed E-state index contributed by atoms with van der Waals surface area (Å²) < 4.78 is 5.96. The van der Waals surface area contributed by atoms with Gasteiger partial charge in [-0.25, -0.2) is 0 Å². The van der Waals surface area contributed by atoms with Gasteiger partial charge in [-0.2, -0.15) is 0 Å². The smallest absolute Gasteiger partial charge is 0.163 e. The molecule has 5 heteroatoms. The first-order valence-electron chi connectivity index (χ1n) is 7.70. The second kappa shape index (κ2) is 9.62. The molecule has 0 heterocycles. The van der Waals surface area contributed by atoms with Gasteiger partial charge in [0.05, 0.1) is 0 Å². The van der Waals surface area contributed by atoms with Crippen molar-refractivity contribution in [1.82, 2.24) is 4.90 Å². The summed E-state index contributed by atoms with van der Waals surface area (Å²) in [6.07, 6.45) is 0.986. The quantitative estimate of drug-likeness (QED) is 0.700. The maximum Gasteiger partial charge on any atom is 0.163 e. The Bertz CT molecular complexity index is 676. The van der Waals surface area contributed by atoms with Crippen LogP contribution in [0.25, 0.3) is 0 Å². The van der Waals surface area contributed by atoms with Gasteiger partial charge in [0, 0.05) is 12.5 Å². The number of hydrogen-bond acceptors (Lipinski definition) is 3. The number of likely N-dealkylation sites (N-methyl/N-ethyl adjacent to an activating group) is 1. The topological polar surface area (TPSA) is 32.7 Å². The minimum absolute atomic E-state index is 0. The van der Waals surface area contributed by atoms with Crippen LogP contribution < -0.4 is 4.74 Å².